The number of carbonyl (C=O) groups is 1. The van der Waals surface area contributed by atoms with Crippen LogP contribution in [0.4, 0.5) is 0 Å². The average molecular weight is 742 g/mol. The highest BCUT2D eigenvalue weighted by Gasteiger charge is 2.44. The molecule has 11 heteroatoms. The van der Waals surface area contributed by atoms with E-state index in [1.807, 2.05) is 71.1 Å². The van der Waals surface area contributed by atoms with Gasteiger partial charge in [-0.1, -0.05) is 66.7 Å². The Balaban J connectivity index is 1.49. The van der Waals surface area contributed by atoms with Crippen molar-refractivity contribution in [1.29, 1.82) is 0 Å². The van der Waals surface area contributed by atoms with E-state index in [2.05, 4.69) is 0 Å². The van der Waals surface area contributed by atoms with Gasteiger partial charge >= 0.3 is 7.82 Å². The van der Waals surface area contributed by atoms with E-state index in [9.17, 15) is 9.36 Å². The van der Waals surface area contributed by atoms with E-state index in [-0.39, 0.29) is 19.1 Å². The number of amides is 1. The molecular formula is C34H33INO8P. The molecule has 1 amide bonds. The SMILES string of the molecule is COc1ccc(CN2C(=O)C=C(I)[C@@H](OP(=O)(Oc3ccccc3)Oc3ccccc3)[C@@H]2COCc2ccccc2)c(OC)c1. The van der Waals surface area contributed by atoms with Crippen LogP contribution < -0.4 is 18.5 Å². The van der Waals surface area contributed by atoms with Crippen LogP contribution in [0.15, 0.2) is 119 Å². The van der Waals surface area contributed by atoms with Crippen LogP contribution in [0.5, 0.6) is 23.0 Å². The monoisotopic (exact) mass is 741 g/mol. The summed E-state index contributed by atoms with van der Waals surface area (Å²) in [4.78, 5) is 15.2. The van der Waals surface area contributed by atoms with E-state index in [1.54, 1.807) is 79.8 Å². The highest BCUT2D eigenvalue weighted by Crippen LogP contribution is 2.53. The number of halogens is 1. The number of carbonyl (C=O) groups excluding carboxylic acids is 1. The summed E-state index contributed by atoms with van der Waals surface area (Å²) in [5.74, 6) is 1.53. The molecule has 0 aromatic heterocycles. The Bertz CT molecular complexity index is 1590. The van der Waals surface area contributed by atoms with Crippen LogP contribution in [0.25, 0.3) is 0 Å². The fraction of sp³-hybridized carbons (Fsp3) is 0.206. The second-order valence-electron chi connectivity index (χ2n) is 10.0. The Morgan fingerprint density at radius 2 is 1.38 bits per heavy atom. The number of nitrogens with zero attached hydrogens (tertiary/aromatic N) is 1. The third-order valence-electron chi connectivity index (χ3n) is 6.96. The van der Waals surface area contributed by atoms with Gasteiger partial charge in [-0.15, -0.1) is 0 Å². The zero-order valence-corrected chi connectivity index (χ0v) is 27.8. The molecule has 1 aliphatic heterocycles. The molecule has 4 aromatic carbocycles. The quantitative estimate of drug-likeness (QED) is 0.0965. The van der Waals surface area contributed by atoms with Crippen molar-refractivity contribution < 1.29 is 37.1 Å². The lowest BCUT2D eigenvalue weighted by Crippen LogP contribution is -2.52. The minimum Gasteiger partial charge on any atom is -0.497 e. The molecule has 0 saturated heterocycles. The summed E-state index contributed by atoms with van der Waals surface area (Å²) in [7, 11) is -1.20. The Kier molecular flexibility index (Phi) is 11.2. The third kappa shape index (κ3) is 8.67. The summed E-state index contributed by atoms with van der Waals surface area (Å²) in [6.45, 7) is 0.534. The molecule has 0 radical (unpaired) electrons. The van der Waals surface area contributed by atoms with Gasteiger partial charge in [0.25, 0.3) is 0 Å². The number of methoxy groups -OCH3 is 2. The largest absolute Gasteiger partial charge is 0.588 e. The summed E-state index contributed by atoms with van der Waals surface area (Å²) in [6.07, 6.45) is 0.547. The van der Waals surface area contributed by atoms with Crippen LogP contribution >= 0.6 is 30.4 Å². The van der Waals surface area contributed by atoms with Crippen LogP contribution in [0.2, 0.25) is 0 Å². The predicted octanol–water partition coefficient (Wildman–Crippen LogP) is 7.60. The lowest BCUT2D eigenvalue weighted by molar-refractivity contribution is -0.134. The Labute approximate surface area is 276 Å². The lowest BCUT2D eigenvalue weighted by atomic mass is 10.0. The standard InChI is InChI=1S/C34H33INO8P/c1-39-29-19-18-26(32(20-29)40-2)22-36-31(24-41-23-25-12-6-3-7-13-25)34(30(35)21-33(36)37)44-45(38,42-27-14-8-4-9-15-27)43-28-16-10-5-11-17-28/h3-21,31,34H,22-24H2,1-2H3/t31-,34+/m0/s1. The Morgan fingerprint density at radius 1 is 0.778 bits per heavy atom. The maximum Gasteiger partial charge on any atom is 0.588 e. The van der Waals surface area contributed by atoms with Gasteiger partial charge in [-0.05, 0) is 64.6 Å². The van der Waals surface area contributed by atoms with Gasteiger partial charge in [0.15, 0.2) is 0 Å². The van der Waals surface area contributed by atoms with Crippen molar-refractivity contribution >= 4 is 36.3 Å². The fourth-order valence-corrected chi connectivity index (χ4v) is 7.17. The molecule has 0 bridgehead atoms. The smallest absolute Gasteiger partial charge is 0.497 e. The molecule has 1 heterocycles. The van der Waals surface area contributed by atoms with Crippen LogP contribution in [0.3, 0.4) is 0 Å². The summed E-state index contributed by atoms with van der Waals surface area (Å²) in [5.41, 5.74) is 1.71. The van der Waals surface area contributed by atoms with Crippen LogP contribution in [-0.4, -0.2) is 43.8 Å². The first-order valence-electron chi connectivity index (χ1n) is 14.2. The van der Waals surface area contributed by atoms with Crippen molar-refractivity contribution in [3.63, 3.8) is 0 Å². The first kappa shape index (κ1) is 32.6. The number of hydrogen-bond acceptors (Lipinski definition) is 8. The highest BCUT2D eigenvalue weighted by molar-refractivity contribution is 14.1. The Morgan fingerprint density at radius 3 is 1.96 bits per heavy atom. The van der Waals surface area contributed by atoms with E-state index in [1.165, 1.54) is 6.08 Å². The minimum absolute atomic E-state index is 0.0702. The van der Waals surface area contributed by atoms with Gasteiger partial charge in [0, 0.05) is 21.3 Å². The number of benzene rings is 4. The number of rotatable bonds is 14. The van der Waals surface area contributed by atoms with Gasteiger partial charge < -0.3 is 28.2 Å². The van der Waals surface area contributed by atoms with Crippen LogP contribution in [0.1, 0.15) is 11.1 Å². The van der Waals surface area contributed by atoms with Crippen molar-refractivity contribution in [2.45, 2.75) is 25.3 Å². The molecule has 9 nitrogen and oxygen atoms in total. The first-order valence-corrected chi connectivity index (χ1v) is 16.7. The topological polar surface area (TPSA) is 92.8 Å². The van der Waals surface area contributed by atoms with Gasteiger partial charge in [-0.25, -0.2) is 4.57 Å². The fourth-order valence-electron chi connectivity index (χ4n) is 4.75. The molecule has 2 atom stereocenters. The summed E-state index contributed by atoms with van der Waals surface area (Å²) >= 11 is 2.04. The van der Waals surface area contributed by atoms with Crippen molar-refractivity contribution in [2.75, 3.05) is 20.8 Å². The lowest BCUT2D eigenvalue weighted by Gasteiger charge is -2.40. The molecule has 234 valence electrons. The van der Waals surface area contributed by atoms with Gasteiger partial charge in [-0.2, -0.15) is 0 Å². The van der Waals surface area contributed by atoms with Crippen LogP contribution in [0, 0.1) is 0 Å². The van der Waals surface area contributed by atoms with Crippen molar-refractivity contribution in [1.82, 2.24) is 4.90 Å². The van der Waals surface area contributed by atoms with E-state index < -0.39 is 20.0 Å². The minimum atomic E-state index is -4.33. The second kappa shape index (κ2) is 15.4. The van der Waals surface area contributed by atoms with E-state index >= 15 is 0 Å². The molecule has 45 heavy (non-hydrogen) atoms. The van der Waals surface area contributed by atoms with Gasteiger partial charge in [-0.3, -0.25) is 9.32 Å². The second-order valence-corrected chi connectivity index (χ2v) is 12.7. The molecule has 4 aromatic rings. The Hall–Kier alpha value is -3.83. The average Bonchev–Trinajstić information content (AvgIpc) is 3.05. The summed E-state index contributed by atoms with van der Waals surface area (Å²) in [5, 5.41) is 0. The number of ether oxygens (including phenoxy) is 3. The molecule has 0 unspecified atom stereocenters. The molecule has 5 rings (SSSR count). The normalized spacial score (nSPS) is 16.6. The molecule has 0 fully saturated rings. The van der Waals surface area contributed by atoms with Crippen LogP contribution in [-0.2, 0) is 31.8 Å². The predicted molar refractivity (Wildman–Crippen MR) is 179 cm³/mol. The van der Waals surface area contributed by atoms with E-state index in [0.29, 0.717) is 33.2 Å². The van der Waals surface area contributed by atoms with Gasteiger partial charge in [0.1, 0.15) is 29.1 Å². The number of hydrogen-bond donors (Lipinski definition) is 0. The third-order valence-corrected chi connectivity index (χ3v) is 9.24. The molecule has 1 aliphatic rings. The summed E-state index contributed by atoms with van der Waals surface area (Å²) < 4.78 is 50.3. The zero-order chi connectivity index (χ0) is 31.6. The molecule has 0 spiro atoms. The molecule has 0 saturated carbocycles. The van der Waals surface area contributed by atoms with Crippen molar-refractivity contribution in [2.24, 2.45) is 0 Å². The molecule has 0 aliphatic carbocycles. The molecular weight excluding hydrogens is 708 g/mol. The number of para-hydroxylation sites is 2. The van der Waals surface area contributed by atoms with E-state index in [4.69, 9.17) is 27.8 Å². The number of phosphoric ester groups is 1. The summed E-state index contributed by atoms with van der Waals surface area (Å²) in [6, 6.07) is 31.7. The zero-order valence-electron chi connectivity index (χ0n) is 24.8. The maximum atomic E-state index is 14.4. The first-order chi connectivity index (χ1) is 21.9. The van der Waals surface area contributed by atoms with Gasteiger partial charge in [0.2, 0.25) is 5.91 Å². The van der Waals surface area contributed by atoms with Crippen molar-refractivity contribution in [3.8, 4) is 23.0 Å². The van der Waals surface area contributed by atoms with Gasteiger partial charge in [0.05, 0.1) is 40.0 Å². The highest BCUT2D eigenvalue weighted by atomic mass is 127. The van der Waals surface area contributed by atoms with Crippen molar-refractivity contribution in [3.05, 3.63) is 130 Å². The maximum absolute atomic E-state index is 14.4. The molecule has 0 N–H and O–H groups in total. The van der Waals surface area contributed by atoms with E-state index in [0.717, 1.165) is 11.1 Å². The number of phosphoric acid groups is 1.